The maximum atomic E-state index is 13.0. The Morgan fingerprint density at radius 3 is 2.62 bits per heavy atom. The van der Waals surface area contributed by atoms with Gasteiger partial charge in [0.25, 0.3) is 0 Å². The van der Waals surface area contributed by atoms with Crippen molar-refractivity contribution in [1.82, 2.24) is 4.31 Å². The number of hydrogen-bond donors (Lipinski definition) is 0. The number of hydrogen-bond acceptors (Lipinski definition) is 3. The van der Waals surface area contributed by atoms with Crippen molar-refractivity contribution in [3.8, 4) is 0 Å². The molecule has 1 fully saturated rings. The molecule has 0 bridgehead atoms. The van der Waals surface area contributed by atoms with E-state index in [9.17, 15) is 17.6 Å². The molecular weight excluding hydrogens is 353 g/mol. The van der Waals surface area contributed by atoms with Gasteiger partial charge in [0.05, 0.1) is 5.75 Å². The van der Waals surface area contributed by atoms with Gasteiger partial charge in [-0.15, -0.1) is 0 Å². The summed E-state index contributed by atoms with van der Waals surface area (Å²) in [4.78, 5) is 12.6. The quantitative estimate of drug-likeness (QED) is 0.751. The fourth-order valence-corrected chi connectivity index (χ4v) is 4.96. The van der Waals surface area contributed by atoms with E-state index < -0.39 is 15.8 Å². The van der Waals surface area contributed by atoms with Gasteiger partial charge in [0.1, 0.15) is 5.82 Å². The third-order valence-corrected chi connectivity index (χ3v) is 6.53. The molecule has 1 aliphatic heterocycles. The Morgan fingerprint density at radius 2 is 1.92 bits per heavy atom. The van der Waals surface area contributed by atoms with Crippen LogP contribution in [0.15, 0.2) is 48.5 Å². The third kappa shape index (κ3) is 4.37. The van der Waals surface area contributed by atoms with Crippen molar-refractivity contribution in [2.24, 2.45) is 5.92 Å². The molecule has 138 valence electrons. The second-order valence-corrected chi connectivity index (χ2v) is 8.78. The van der Waals surface area contributed by atoms with Gasteiger partial charge in [-0.05, 0) is 49.6 Å². The van der Waals surface area contributed by atoms with E-state index in [2.05, 4.69) is 0 Å². The largest absolute Gasteiger partial charge is 0.294 e. The Bertz CT molecular complexity index is 894. The lowest BCUT2D eigenvalue weighted by Crippen LogP contribution is -2.42. The normalized spacial score (nSPS) is 18.6. The number of piperidine rings is 1. The number of aryl methyl sites for hydroxylation is 1. The molecule has 0 aromatic heterocycles. The third-order valence-electron chi connectivity index (χ3n) is 4.71. The van der Waals surface area contributed by atoms with Crippen molar-refractivity contribution in [2.45, 2.75) is 25.5 Å². The smallest absolute Gasteiger partial charge is 0.218 e. The molecule has 0 N–H and O–H groups in total. The summed E-state index contributed by atoms with van der Waals surface area (Å²) in [5, 5.41) is 0. The molecule has 1 atom stereocenters. The van der Waals surface area contributed by atoms with Crippen LogP contribution in [0.5, 0.6) is 0 Å². The lowest BCUT2D eigenvalue weighted by Gasteiger charge is -2.31. The average Bonchev–Trinajstić information content (AvgIpc) is 2.61. The maximum absolute atomic E-state index is 13.0. The van der Waals surface area contributed by atoms with Crippen LogP contribution in [0.25, 0.3) is 0 Å². The molecule has 2 aromatic rings. The van der Waals surface area contributed by atoms with Gasteiger partial charge in [0, 0.05) is 24.6 Å². The van der Waals surface area contributed by atoms with E-state index in [1.54, 1.807) is 6.07 Å². The van der Waals surface area contributed by atoms with Crippen LogP contribution in [-0.2, 0) is 15.8 Å². The van der Waals surface area contributed by atoms with E-state index in [0.717, 1.165) is 11.1 Å². The molecule has 0 saturated carbocycles. The van der Waals surface area contributed by atoms with E-state index in [-0.39, 0.29) is 24.0 Å². The van der Waals surface area contributed by atoms with Gasteiger partial charge >= 0.3 is 0 Å². The van der Waals surface area contributed by atoms with Crippen LogP contribution in [0.4, 0.5) is 4.39 Å². The monoisotopic (exact) mass is 375 g/mol. The van der Waals surface area contributed by atoms with Crippen LogP contribution in [-0.4, -0.2) is 31.6 Å². The standard InChI is InChI=1S/C20H22FNO3S/c1-15-4-2-5-16(12-15)14-26(24,25)22-11-3-6-18(13-22)20(23)17-7-9-19(21)10-8-17/h2,4-5,7-10,12,18H,3,6,11,13-14H2,1H3. The number of benzene rings is 2. The molecule has 4 nitrogen and oxygen atoms in total. The van der Waals surface area contributed by atoms with Crippen molar-refractivity contribution in [2.75, 3.05) is 13.1 Å². The molecular formula is C20H22FNO3S. The van der Waals surface area contributed by atoms with Crippen molar-refractivity contribution >= 4 is 15.8 Å². The zero-order chi connectivity index (χ0) is 18.7. The molecule has 1 heterocycles. The molecule has 1 aliphatic rings. The van der Waals surface area contributed by atoms with E-state index in [1.165, 1.54) is 28.6 Å². The lowest BCUT2D eigenvalue weighted by molar-refractivity contribution is 0.0872. The van der Waals surface area contributed by atoms with Gasteiger partial charge in [0.2, 0.25) is 10.0 Å². The van der Waals surface area contributed by atoms with Crippen LogP contribution < -0.4 is 0 Å². The molecule has 2 aromatic carbocycles. The Morgan fingerprint density at radius 1 is 1.19 bits per heavy atom. The lowest BCUT2D eigenvalue weighted by atomic mass is 9.91. The molecule has 0 radical (unpaired) electrons. The van der Waals surface area contributed by atoms with Crippen LogP contribution >= 0.6 is 0 Å². The summed E-state index contributed by atoms with van der Waals surface area (Å²) >= 11 is 0. The Kier molecular flexibility index (Phi) is 5.53. The number of rotatable bonds is 5. The van der Waals surface area contributed by atoms with Gasteiger partial charge in [0.15, 0.2) is 5.78 Å². The van der Waals surface area contributed by atoms with Crippen LogP contribution in [0.1, 0.15) is 34.3 Å². The van der Waals surface area contributed by atoms with Gasteiger partial charge < -0.3 is 0 Å². The molecule has 0 amide bonds. The summed E-state index contributed by atoms with van der Waals surface area (Å²) in [5.74, 6) is -0.971. The number of Topliss-reactive ketones (excluding diaryl/α,β-unsaturated/α-hetero) is 1. The molecule has 0 spiro atoms. The van der Waals surface area contributed by atoms with E-state index in [4.69, 9.17) is 0 Å². The van der Waals surface area contributed by atoms with Gasteiger partial charge in [-0.1, -0.05) is 29.8 Å². The summed E-state index contributed by atoms with van der Waals surface area (Å²) < 4.78 is 40.0. The molecule has 1 saturated heterocycles. The van der Waals surface area contributed by atoms with Crippen molar-refractivity contribution in [3.05, 3.63) is 71.0 Å². The van der Waals surface area contributed by atoms with Gasteiger partial charge in [-0.2, -0.15) is 0 Å². The summed E-state index contributed by atoms with van der Waals surface area (Å²) in [7, 11) is -3.49. The zero-order valence-electron chi connectivity index (χ0n) is 14.7. The number of ketones is 1. The molecule has 3 rings (SSSR count). The molecule has 6 heteroatoms. The zero-order valence-corrected chi connectivity index (χ0v) is 15.5. The van der Waals surface area contributed by atoms with E-state index in [0.29, 0.717) is 24.9 Å². The highest BCUT2D eigenvalue weighted by atomic mass is 32.2. The predicted molar refractivity (Wildman–Crippen MR) is 98.8 cm³/mol. The minimum atomic E-state index is -3.49. The van der Waals surface area contributed by atoms with Crippen LogP contribution in [0, 0.1) is 18.7 Å². The molecule has 1 unspecified atom stereocenters. The highest BCUT2D eigenvalue weighted by Gasteiger charge is 2.32. The average molecular weight is 375 g/mol. The Hall–Kier alpha value is -2.05. The van der Waals surface area contributed by atoms with Crippen LogP contribution in [0.2, 0.25) is 0 Å². The first-order chi connectivity index (χ1) is 12.3. The van der Waals surface area contributed by atoms with E-state index in [1.807, 2.05) is 25.1 Å². The predicted octanol–water partition coefficient (Wildman–Crippen LogP) is 3.56. The number of sulfonamides is 1. The Labute approximate surface area is 153 Å². The second kappa shape index (κ2) is 7.68. The number of nitrogens with zero attached hydrogens (tertiary/aromatic N) is 1. The fourth-order valence-electron chi connectivity index (χ4n) is 3.36. The second-order valence-electron chi connectivity index (χ2n) is 6.81. The highest BCUT2D eigenvalue weighted by Crippen LogP contribution is 2.24. The highest BCUT2D eigenvalue weighted by molar-refractivity contribution is 7.88. The summed E-state index contributed by atoms with van der Waals surface area (Å²) in [5.41, 5.74) is 2.19. The van der Waals surface area contributed by atoms with Gasteiger partial charge in [-0.3, -0.25) is 4.79 Å². The number of halogens is 1. The number of carbonyl (C=O) groups is 1. The summed E-state index contributed by atoms with van der Waals surface area (Å²) in [6.07, 6.45) is 1.29. The molecule has 0 aliphatic carbocycles. The SMILES string of the molecule is Cc1cccc(CS(=O)(=O)N2CCCC(C(=O)c3ccc(F)cc3)C2)c1. The summed E-state index contributed by atoms with van der Waals surface area (Å²) in [6, 6.07) is 12.9. The van der Waals surface area contributed by atoms with E-state index >= 15 is 0 Å². The van der Waals surface area contributed by atoms with Crippen molar-refractivity contribution in [1.29, 1.82) is 0 Å². The minimum Gasteiger partial charge on any atom is -0.294 e. The van der Waals surface area contributed by atoms with Crippen LogP contribution in [0.3, 0.4) is 0 Å². The first kappa shape index (κ1) is 18.7. The topological polar surface area (TPSA) is 54.5 Å². The summed E-state index contributed by atoms with van der Waals surface area (Å²) in [6.45, 7) is 2.54. The minimum absolute atomic E-state index is 0.0634. The maximum Gasteiger partial charge on any atom is 0.218 e. The van der Waals surface area contributed by atoms with Gasteiger partial charge in [-0.25, -0.2) is 17.1 Å². The molecule has 26 heavy (non-hydrogen) atoms. The van der Waals surface area contributed by atoms with Crippen molar-refractivity contribution < 1.29 is 17.6 Å². The Balaban J connectivity index is 1.72. The first-order valence-electron chi connectivity index (χ1n) is 8.68. The fraction of sp³-hybridized carbons (Fsp3) is 0.350. The first-order valence-corrected chi connectivity index (χ1v) is 10.3. The van der Waals surface area contributed by atoms with Crippen molar-refractivity contribution in [3.63, 3.8) is 0 Å². The number of carbonyl (C=O) groups excluding carboxylic acids is 1.